The Morgan fingerprint density at radius 3 is 3.21 bits per heavy atom. The van der Waals surface area contributed by atoms with E-state index < -0.39 is 0 Å². The second-order valence-electron chi connectivity index (χ2n) is 2.93. The van der Waals surface area contributed by atoms with E-state index in [0.717, 1.165) is 10.8 Å². The lowest BCUT2D eigenvalue weighted by Gasteiger charge is -1.90. The molecule has 0 aliphatic carbocycles. The van der Waals surface area contributed by atoms with Gasteiger partial charge in [-0.2, -0.15) is 5.10 Å². The second-order valence-corrected chi connectivity index (χ2v) is 2.93. The molecule has 0 spiro atoms. The predicted octanol–water partition coefficient (Wildman–Crippen LogP) is 1.35. The number of furan rings is 1. The zero-order valence-corrected chi connectivity index (χ0v) is 7.14. The molecule has 0 amide bonds. The highest BCUT2D eigenvalue weighted by atomic mass is 16.3. The molecule has 3 heterocycles. The van der Waals surface area contributed by atoms with E-state index in [9.17, 15) is 0 Å². The van der Waals surface area contributed by atoms with Crippen LogP contribution < -0.4 is 5.73 Å². The Bertz CT molecular complexity index is 616. The Kier molecular flexibility index (Phi) is 1.25. The average Bonchev–Trinajstić information content (AvgIpc) is 2.57. The number of rotatable bonds is 0. The van der Waals surface area contributed by atoms with Gasteiger partial charge in [0.1, 0.15) is 0 Å². The smallest absolute Gasteiger partial charge is 0.227 e. The molecule has 0 saturated heterocycles. The van der Waals surface area contributed by atoms with Crippen molar-refractivity contribution in [2.45, 2.75) is 0 Å². The summed E-state index contributed by atoms with van der Waals surface area (Å²) >= 11 is 0. The molecular weight excluding hydrogens is 180 g/mol. The van der Waals surface area contributed by atoms with E-state index in [1.807, 2.05) is 12.1 Å². The lowest BCUT2D eigenvalue weighted by Crippen LogP contribution is -1.91. The Hall–Kier alpha value is -2.17. The van der Waals surface area contributed by atoms with Crippen molar-refractivity contribution >= 4 is 27.9 Å². The van der Waals surface area contributed by atoms with E-state index in [1.54, 1.807) is 6.20 Å². The Labute approximate surface area is 78.6 Å². The highest BCUT2D eigenvalue weighted by molar-refractivity contribution is 6.08. The highest BCUT2D eigenvalue weighted by Gasteiger charge is 2.10. The molecule has 3 aromatic heterocycles. The first-order chi connectivity index (χ1) is 6.86. The van der Waals surface area contributed by atoms with Crippen LogP contribution in [0, 0.1) is 0 Å². The van der Waals surface area contributed by atoms with Crippen molar-refractivity contribution < 1.29 is 4.42 Å². The monoisotopic (exact) mass is 186 g/mol. The zero-order chi connectivity index (χ0) is 9.54. The van der Waals surface area contributed by atoms with Crippen LogP contribution in [0.15, 0.2) is 28.9 Å². The van der Waals surface area contributed by atoms with E-state index in [0.29, 0.717) is 17.1 Å². The summed E-state index contributed by atoms with van der Waals surface area (Å²) in [6.45, 7) is 0. The van der Waals surface area contributed by atoms with Crippen LogP contribution in [-0.4, -0.2) is 15.2 Å². The van der Waals surface area contributed by atoms with Crippen LogP contribution >= 0.6 is 0 Å². The third-order valence-corrected chi connectivity index (χ3v) is 2.09. The van der Waals surface area contributed by atoms with Crippen molar-refractivity contribution in [1.82, 2.24) is 15.2 Å². The van der Waals surface area contributed by atoms with Crippen LogP contribution in [0.3, 0.4) is 0 Å². The van der Waals surface area contributed by atoms with Crippen molar-refractivity contribution in [2.75, 3.05) is 5.73 Å². The first-order valence-corrected chi connectivity index (χ1v) is 4.10. The molecule has 0 radical (unpaired) electrons. The summed E-state index contributed by atoms with van der Waals surface area (Å²) in [7, 11) is 0. The molecule has 0 aliphatic heterocycles. The number of nitrogens with zero attached hydrogens (tertiary/aromatic N) is 3. The van der Waals surface area contributed by atoms with E-state index in [-0.39, 0.29) is 0 Å². The quantitative estimate of drug-likeness (QED) is 0.573. The summed E-state index contributed by atoms with van der Waals surface area (Å²) in [5, 5.41) is 9.13. The summed E-state index contributed by atoms with van der Waals surface area (Å²) in [5.41, 5.74) is 6.88. The predicted molar refractivity (Wildman–Crippen MR) is 51.5 cm³/mol. The standard InChI is InChI=1S/C9H6N4O/c10-8-7-5-2-1-3-11-9(5)14-6(7)4-12-13-8/h1-4H,(H2,10,13). The van der Waals surface area contributed by atoms with Crippen LogP contribution in [0.4, 0.5) is 5.82 Å². The molecule has 5 nitrogen and oxygen atoms in total. The van der Waals surface area contributed by atoms with Crippen molar-refractivity contribution in [3.8, 4) is 0 Å². The number of aromatic nitrogens is 3. The third kappa shape index (κ3) is 0.806. The van der Waals surface area contributed by atoms with Gasteiger partial charge < -0.3 is 10.2 Å². The highest BCUT2D eigenvalue weighted by Crippen LogP contribution is 2.28. The maximum absolute atomic E-state index is 5.71. The van der Waals surface area contributed by atoms with Crippen LogP contribution in [0.25, 0.3) is 22.1 Å². The molecule has 0 unspecified atom stereocenters. The van der Waals surface area contributed by atoms with E-state index in [4.69, 9.17) is 10.2 Å². The van der Waals surface area contributed by atoms with Gasteiger partial charge in [-0.1, -0.05) is 0 Å². The van der Waals surface area contributed by atoms with Gasteiger partial charge in [0, 0.05) is 6.20 Å². The topological polar surface area (TPSA) is 77.8 Å². The van der Waals surface area contributed by atoms with Crippen LogP contribution in [0.5, 0.6) is 0 Å². The van der Waals surface area contributed by atoms with Crippen LogP contribution in [0.1, 0.15) is 0 Å². The van der Waals surface area contributed by atoms with Gasteiger partial charge in [0.25, 0.3) is 0 Å². The molecule has 0 fully saturated rings. The minimum Gasteiger partial charge on any atom is -0.436 e. The molecule has 2 N–H and O–H groups in total. The maximum Gasteiger partial charge on any atom is 0.227 e. The number of fused-ring (bicyclic) bond motifs is 3. The summed E-state index contributed by atoms with van der Waals surface area (Å²) in [6.07, 6.45) is 3.20. The normalized spacial score (nSPS) is 11.1. The van der Waals surface area contributed by atoms with Crippen molar-refractivity contribution in [3.05, 3.63) is 24.5 Å². The zero-order valence-electron chi connectivity index (χ0n) is 7.14. The molecule has 14 heavy (non-hydrogen) atoms. The van der Waals surface area contributed by atoms with Gasteiger partial charge in [0.05, 0.1) is 17.0 Å². The number of anilines is 1. The average molecular weight is 186 g/mol. The molecule has 0 aliphatic rings. The van der Waals surface area contributed by atoms with Gasteiger partial charge in [-0.05, 0) is 12.1 Å². The Balaban J connectivity index is 2.65. The first kappa shape index (κ1) is 7.25. The van der Waals surface area contributed by atoms with Crippen LogP contribution in [0.2, 0.25) is 0 Å². The van der Waals surface area contributed by atoms with Gasteiger partial charge in [-0.3, -0.25) is 0 Å². The largest absolute Gasteiger partial charge is 0.436 e. The summed E-state index contributed by atoms with van der Waals surface area (Å²) in [6, 6.07) is 3.73. The summed E-state index contributed by atoms with van der Waals surface area (Å²) < 4.78 is 5.44. The molecule has 0 bridgehead atoms. The minimum absolute atomic E-state index is 0.370. The number of pyridine rings is 1. The van der Waals surface area contributed by atoms with Gasteiger partial charge in [-0.25, -0.2) is 4.98 Å². The van der Waals surface area contributed by atoms with E-state index in [1.165, 1.54) is 6.20 Å². The van der Waals surface area contributed by atoms with Crippen LogP contribution in [-0.2, 0) is 0 Å². The van der Waals surface area contributed by atoms with Gasteiger partial charge in [-0.15, -0.1) is 5.10 Å². The Morgan fingerprint density at radius 2 is 2.29 bits per heavy atom. The van der Waals surface area contributed by atoms with E-state index >= 15 is 0 Å². The third-order valence-electron chi connectivity index (χ3n) is 2.09. The Morgan fingerprint density at radius 1 is 1.36 bits per heavy atom. The second kappa shape index (κ2) is 2.41. The summed E-state index contributed by atoms with van der Waals surface area (Å²) in [4.78, 5) is 4.08. The molecule has 5 heteroatoms. The van der Waals surface area contributed by atoms with Crippen molar-refractivity contribution in [1.29, 1.82) is 0 Å². The number of nitrogens with two attached hydrogens (primary N) is 1. The lowest BCUT2D eigenvalue weighted by atomic mass is 10.2. The molecule has 3 aromatic rings. The molecule has 3 rings (SSSR count). The molecule has 0 atom stereocenters. The SMILES string of the molecule is Nc1nncc2oc3ncccc3c12. The molecule has 0 saturated carbocycles. The van der Waals surface area contributed by atoms with Gasteiger partial charge in [0.2, 0.25) is 5.71 Å². The van der Waals surface area contributed by atoms with E-state index in [2.05, 4.69) is 15.2 Å². The van der Waals surface area contributed by atoms with Gasteiger partial charge >= 0.3 is 0 Å². The fraction of sp³-hybridized carbons (Fsp3) is 0. The molecular formula is C9H6N4O. The van der Waals surface area contributed by atoms with Crippen molar-refractivity contribution in [2.24, 2.45) is 0 Å². The van der Waals surface area contributed by atoms with Gasteiger partial charge in [0.15, 0.2) is 11.4 Å². The lowest BCUT2D eigenvalue weighted by molar-refractivity contribution is 0.651. The fourth-order valence-corrected chi connectivity index (χ4v) is 1.50. The first-order valence-electron chi connectivity index (χ1n) is 4.10. The maximum atomic E-state index is 5.71. The number of nitrogen functional groups attached to an aromatic ring is 1. The minimum atomic E-state index is 0.370. The number of hydrogen-bond acceptors (Lipinski definition) is 5. The van der Waals surface area contributed by atoms with Crippen molar-refractivity contribution in [3.63, 3.8) is 0 Å². The molecule has 68 valence electrons. The summed E-state index contributed by atoms with van der Waals surface area (Å²) in [5.74, 6) is 0.370. The molecule has 0 aromatic carbocycles. The fourth-order valence-electron chi connectivity index (χ4n) is 1.50. The number of hydrogen-bond donors (Lipinski definition) is 1.